The number of rotatable bonds is 5. The molecule has 0 bridgehead atoms. The Balaban J connectivity index is 1.70. The minimum absolute atomic E-state index is 0.0646. The first-order chi connectivity index (χ1) is 15.6. The van der Waals surface area contributed by atoms with Crippen molar-refractivity contribution >= 4 is 34.8 Å². The number of oxime groups is 1. The Bertz CT molecular complexity index is 1130. The van der Waals surface area contributed by atoms with Gasteiger partial charge in [0.05, 0.1) is 22.4 Å². The number of amides is 1. The number of alkyl halides is 3. The molecular formula is C22H18Cl2F4N2O3. The van der Waals surface area contributed by atoms with Gasteiger partial charge in [0.2, 0.25) is 5.91 Å². The highest BCUT2D eigenvalue weighted by molar-refractivity contribution is 6.35. The Labute approximate surface area is 196 Å². The predicted octanol–water partition coefficient (Wildman–Crippen LogP) is 5.68. The number of hydrogen-bond acceptors (Lipinski definition) is 4. The summed E-state index contributed by atoms with van der Waals surface area (Å²) >= 11 is 11.5. The average Bonchev–Trinajstić information content (AvgIpc) is 3.43. The van der Waals surface area contributed by atoms with Crippen molar-refractivity contribution in [3.63, 3.8) is 0 Å². The number of hydrogen-bond donors (Lipinski definition) is 1. The summed E-state index contributed by atoms with van der Waals surface area (Å²) in [4.78, 5) is 16.6. The van der Waals surface area contributed by atoms with Crippen LogP contribution < -0.4 is 10.1 Å². The Morgan fingerprint density at radius 1 is 1.24 bits per heavy atom. The van der Waals surface area contributed by atoms with Crippen LogP contribution in [0, 0.1) is 5.82 Å². The molecule has 0 spiro atoms. The molecule has 11 heteroatoms. The minimum Gasteiger partial charge on any atom is -0.493 e. The van der Waals surface area contributed by atoms with E-state index in [9.17, 15) is 22.4 Å². The molecule has 0 fully saturated rings. The van der Waals surface area contributed by atoms with Crippen LogP contribution in [0.25, 0.3) is 0 Å². The van der Waals surface area contributed by atoms with Gasteiger partial charge in [-0.15, -0.1) is 0 Å². The molecule has 2 aliphatic rings. The first kappa shape index (κ1) is 23.6. The Hall–Kier alpha value is -2.52. The fraction of sp³-hybridized carbons (Fsp3) is 0.364. The maximum Gasteiger partial charge on any atom is 0.435 e. The normalized spacial score (nSPS) is 19.5. The van der Waals surface area contributed by atoms with Crippen molar-refractivity contribution in [3.05, 3.63) is 62.4 Å². The molecule has 0 saturated carbocycles. The van der Waals surface area contributed by atoms with Crippen molar-refractivity contribution < 1.29 is 31.9 Å². The fourth-order valence-corrected chi connectivity index (χ4v) is 4.41. The van der Waals surface area contributed by atoms with Crippen LogP contribution in [0.4, 0.5) is 17.6 Å². The molecule has 1 atom stereocenters. The van der Waals surface area contributed by atoms with Crippen LogP contribution in [0.5, 0.6) is 5.75 Å². The zero-order valence-electron chi connectivity index (χ0n) is 17.3. The lowest BCUT2D eigenvalue weighted by Gasteiger charge is -2.29. The molecule has 1 N–H and O–H groups in total. The molecule has 5 nitrogen and oxygen atoms in total. The molecule has 0 radical (unpaired) electrons. The van der Waals surface area contributed by atoms with E-state index in [-0.39, 0.29) is 18.2 Å². The van der Waals surface area contributed by atoms with Gasteiger partial charge in [-0.2, -0.15) is 13.2 Å². The van der Waals surface area contributed by atoms with Gasteiger partial charge in [0.1, 0.15) is 5.75 Å². The number of halogens is 6. The molecule has 33 heavy (non-hydrogen) atoms. The standard InChI is InChI=1S/C22H18Cl2F4N2O3/c1-2-18(31)29-10-11-3-4-13(14-5-6-32-20(11)14)17-9-21(33-30-17,22(26,27)28)12-7-15(23)19(25)16(24)8-12/h3-4,7-8H,2,5-6,9-10H2,1H3,(H,29,31). The first-order valence-corrected chi connectivity index (χ1v) is 10.8. The number of nitrogens with zero attached hydrogens (tertiary/aromatic N) is 1. The number of ether oxygens (including phenoxy) is 1. The molecule has 2 aliphatic heterocycles. The van der Waals surface area contributed by atoms with Crippen LogP contribution in [0.2, 0.25) is 10.0 Å². The van der Waals surface area contributed by atoms with Crippen LogP contribution >= 0.6 is 23.2 Å². The van der Waals surface area contributed by atoms with E-state index in [4.69, 9.17) is 32.8 Å². The van der Waals surface area contributed by atoms with E-state index < -0.39 is 39.6 Å². The Morgan fingerprint density at radius 3 is 2.58 bits per heavy atom. The third kappa shape index (κ3) is 4.12. The molecule has 2 aromatic carbocycles. The number of carbonyl (C=O) groups is 1. The second-order valence-electron chi connectivity index (χ2n) is 7.69. The molecular weight excluding hydrogens is 487 g/mol. The van der Waals surface area contributed by atoms with Crippen LogP contribution in [0.15, 0.2) is 29.4 Å². The highest BCUT2D eigenvalue weighted by Crippen LogP contribution is 2.50. The minimum atomic E-state index is -4.90. The topological polar surface area (TPSA) is 59.9 Å². The number of fused-ring (bicyclic) bond motifs is 1. The van der Waals surface area contributed by atoms with Gasteiger partial charge in [0.25, 0.3) is 5.60 Å². The summed E-state index contributed by atoms with van der Waals surface area (Å²) in [5.41, 5.74) is -1.39. The van der Waals surface area contributed by atoms with Gasteiger partial charge in [0.15, 0.2) is 5.82 Å². The Morgan fingerprint density at radius 2 is 1.94 bits per heavy atom. The van der Waals surface area contributed by atoms with Crippen molar-refractivity contribution in [2.24, 2.45) is 5.16 Å². The maximum absolute atomic E-state index is 14.3. The summed E-state index contributed by atoms with van der Waals surface area (Å²) in [7, 11) is 0. The van der Waals surface area contributed by atoms with Crippen molar-refractivity contribution in [2.75, 3.05) is 6.61 Å². The van der Waals surface area contributed by atoms with E-state index in [1.54, 1.807) is 19.1 Å². The van der Waals surface area contributed by atoms with Gasteiger partial charge in [-0.05, 0) is 12.1 Å². The van der Waals surface area contributed by atoms with Crippen LogP contribution in [-0.2, 0) is 28.2 Å². The lowest BCUT2D eigenvalue weighted by atomic mass is 9.85. The molecule has 0 aliphatic carbocycles. The quantitative estimate of drug-likeness (QED) is 0.421. The lowest BCUT2D eigenvalue weighted by Crippen LogP contribution is -2.42. The number of carbonyl (C=O) groups excluding carboxylic acids is 1. The zero-order chi connectivity index (χ0) is 24.0. The third-order valence-corrected chi connectivity index (χ3v) is 6.23. The second-order valence-corrected chi connectivity index (χ2v) is 8.51. The monoisotopic (exact) mass is 504 g/mol. The molecule has 1 amide bonds. The maximum atomic E-state index is 14.3. The summed E-state index contributed by atoms with van der Waals surface area (Å²) in [6.07, 6.45) is -4.77. The molecule has 2 aromatic rings. The number of nitrogens with one attached hydrogen (secondary N) is 1. The van der Waals surface area contributed by atoms with Gasteiger partial charge in [-0.3, -0.25) is 4.79 Å². The molecule has 0 aromatic heterocycles. The molecule has 0 saturated heterocycles. The average molecular weight is 505 g/mol. The van der Waals surface area contributed by atoms with E-state index in [1.165, 1.54) is 0 Å². The van der Waals surface area contributed by atoms with Gasteiger partial charge >= 0.3 is 6.18 Å². The summed E-state index contributed by atoms with van der Waals surface area (Å²) < 4.78 is 62.3. The summed E-state index contributed by atoms with van der Waals surface area (Å²) in [5.74, 6) is -0.630. The van der Waals surface area contributed by atoms with Crippen LogP contribution in [0.1, 0.15) is 42.0 Å². The van der Waals surface area contributed by atoms with Gasteiger partial charge in [0, 0.05) is 48.1 Å². The van der Waals surface area contributed by atoms with Crippen molar-refractivity contribution in [2.45, 2.75) is 44.5 Å². The summed E-state index contributed by atoms with van der Waals surface area (Å²) in [6.45, 7) is 2.31. The predicted molar refractivity (Wildman–Crippen MR) is 114 cm³/mol. The third-order valence-electron chi connectivity index (χ3n) is 5.68. The first-order valence-electron chi connectivity index (χ1n) is 10.1. The van der Waals surface area contributed by atoms with E-state index in [0.717, 1.165) is 12.1 Å². The van der Waals surface area contributed by atoms with E-state index in [2.05, 4.69) is 10.5 Å². The van der Waals surface area contributed by atoms with E-state index in [0.29, 0.717) is 41.9 Å². The molecule has 1 unspecified atom stereocenters. The largest absolute Gasteiger partial charge is 0.493 e. The SMILES string of the molecule is CCC(=O)NCc1ccc(C2=NOC(c3cc(Cl)c(F)c(Cl)c3)(C(F)(F)F)C2)c2c1OCC2. The summed E-state index contributed by atoms with van der Waals surface area (Å²) in [6, 6.07) is 5.01. The second kappa shape index (κ2) is 8.68. The summed E-state index contributed by atoms with van der Waals surface area (Å²) in [5, 5.41) is 5.43. The smallest absolute Gasteiger partial charge is 0.435 e. The molecule has 2 heterocycles. The van der Waals surface area contributed by atoms with Gasteiger partial charge in [-0.25, -0.2) is 4.39 Å². The highest BCUT2D eigenvalue weighted by atomic mass is 35.5. The fourth-order valence-electron chi connectivity index (χ4n) is 3.92. The Kier molecular flexibility index (Phi) is 6.22. The van der Waals surface area contributed by atoms with Crippen LogP contribution in [-0.4, -0.2) is 24.4 Å². The van der Waals surface area contributed by atoms with E-state index in [1.807, 2.05) is 0 Å². The van der Waals surface area contributed by atoms with Crippen molar-refractivity contribution in [3.8, 4) is 5.75 Å². The van der Waals surface area contributed by atoms with Crippen molar-refractivity contribution in [1.29, 1.82) is 0 Å². The molecule has 176 valence electrons. The highest BCUT2D eigenvalue weighted by Gasteiger charge is 2.62. The van der Waals surface area contributed by atoms with Crippen LogP contribution in [0.3, 0.4) is 0 Å². The zero-order valence-corrected chi connectivity index (χ0v) is 18.8. The van der Waals surface area contributed by atoms with E-state index >= 15 is 0 Å². The lowest BCUT2D eigenvalue weighted by molar-refractivity contribution is -0.275. The van der Waals surface area contributed by atoms with Crippen molar-refractivity contribution in [1.82, 2.24) is 5.32 Å². The van der Waals surface area contributed by atoms with Gasteiger partial charge < -0.3 is 14.9 Å². The molecule has 4 rings (SSSR count). The van der Waals surface area contributed by atoms with Gasteiger partial charge in [-0.1, -0.05) is 47.4 Å². The number of benzene rings is 2.